The molecule has 3 rings (SSSR count). The van der Waals surface area contributed by atoms with Crippen LogP contribution in [-0.2, 0) is 0 Å². The number of hydrogen-bond acceptors (Lipinski definition) is 2. The minimum atomic E-state index is -1.21. The Kier molecular flexibility index (Phi) is 3.12. The van der Waals surface area contributed by atoms with Crippen molar-refractivity contribution in [2.24, 2.45) is 0 Å². The van der Waals surface area contributed by atoms with E-state index in [1.807, 2.05) is 0 Å². The van der Waals surface area contributed by atoms with Gasteiger partial charge in [-0.2, -0.15) is 0 Å². The Hall–Kier alpha value is -2.43. The van der Waals surface area contributed by atoms with Crippen molar-refractivity contribution in [1.82, 2.24) is 9.97 Å². The van der Waals surface area contributed by atoms with Crippen molar-refractivity contribution in [3.8, 4) is 11.4 Å². The molecule has 1 heterocycles. The average Bonchev–Trinajstić information content (AvgIpc) is 2.47. The predicted octanol–water partition coefficient (Wildman–Crippen LogP) is 4.33. The van der Waals surface area contributed by atoms with Crippen LogP contribution in [0.5, 0.6) is 0 Å². The molecule has 0 atom stereocenters. The molecule has 0 saturated carbocycles. The summed E-state index contributed by atoms with van der Waals surface area (Å²) in [5.41, 5.74) is 0.991. The second-order valence-corrected chi connectivity index (χ2v) is 4.93. The van der Waals surface area contributed by atoms with E-state index in [2.05, 4.69) is 9.97 Å². The van der Waals surface area contributed by atoms with E-state index in [-0.39, 0.29) is 27.7 Å². The third-order valence-electron chi connectivity index (χ3n) is 3.34. The van der Waals surface area contributed by atoms with Crippen LogP contribution in [0, 0.1) is 31.3 Å². The molecule has 3 aromatic rings. The van der Waals surface area contributed by atoms with Gasteiger partial charge in [0.05, 0.1) is 10.9 Å². The Labute approximate surface area is 119 Å². The first kappa shape index (κ1) is 13.5. The van der Waals surface area contributed by atoms with Crippen LogP contribution in [0.2, 0.25) is 0 Å². The van der Waals surface area contributed by atoms with Crippen molar-refractivity contribution < 1.29 is 13.2 Å². The number of nitrogens with zero attached hydrogens (tertiary/aromatic N) is 2. The van der Waals surface area contributed by atoms with E-state index in [4.69, 9.17) is 0 Å². The first-order chi connectivity index (χ1) is 9.99. The number of halogens is 3. The molecule has 0 amide bonds. The monoisotopic (exact) mass is 288 g/mol. The molecule has 2 nitrogen and oxygen atoms in total. The van der Waals surface area contributed by atoms with Crippen LogP contribution in [0.15, 0.2) is 30.6 Å². The summed E-state index contributed by atoms with van der Waals surface area (Å²) < 4.78 is 42.4. The summed E-state index contributed by atoms with van der Waals surface area (Å²) in [5, 5.41) is -0.0699. The first-order valence-corrected chi connectivity index (χ1v) is 6.35. The SMILES string of the molecule is Cc1cnc(-c2cc3ccc(C)c(F)c3c(F)c2F)nc1. The number of aromatic nitrogens is 2. The van der Waals surface area contributed by atoms with Gasteiger partial charge in [0.2, 0.25) is 0 Å². The molecule has 1 aromatic heterocycles. The van der Waals surface area contributed by atoms with E-state index >= 15 is 0 Å². The van der Waals surface area contributed by atoms with Gasteiger partial charge in [0, 0.05) is 12.4 Å². The molecule has 5 heteroatoms. The topological polar surface area (TPSA) is 25.8 Å². The predicted molar refractivity (Wildman–Crippen MR) is 74.3 cm³/mol. The lowest BCUT2D eigenvalue weighted by atomic mass is 10.0. The maximum absolute atomic E-state index is 14.2. The van der Waals surface area contributed by atoms with Gasteiger partial charge in [0.25, 0.3) is 0 Å². The van der Waals surface area contributed by atoms with Gasteiger partial charge in [-0.25, -0.2) is 23.1 Å². The largest absolute Gasteiger partial charge is 0.236 e. The van der Waals surface area contributed by atoms with Crippen molar-refractivity contribution in [1.29, 1.82) is 0 Å². The fourth-order valence-corrected chi connectivity index (χ4v) is 2.18. The highest BCUT2D eigenvalue weighted by molar-refractivity contribution is 5.88. The number of hydrogen-bond donors (Lipinski definition) is 0. The Bertz CT molecular complexity index is 843. The summed E-state index contributed by atoms with van der Waals surface area (Å²) in [6, 6.07) is 4.43. The van der Waals surface area contributed by atoms with E-state index in [0.717, 1.165) is 5.56 Å². The van der Waals surface area contributed by atoms with Crippen LogP contribution in [0.1, 0.15) is 11.1 Å². The third kappa shape index (κ3) is 2.14. The first-order valence-electron chi connectivity index (χ1n) is 6.35. The van der Waals surface area contributed by atoms with E-state index in [1.54, 1.807) is 13.0 Å². The molecule has 0 aliphatic rings. The summed E-state index contributed by atoms with van der Waals surface area (Å²) in [5.74, 6) is -3.04. The number of fused-ring (bicyclic) bond motifs is 1. The highest BCUT2D eigenvalue weighted by atomic mass is 19.2. The lowest BCUT2D eigenvalue weighted by Gasteiger charge is -2.09. The van der Waals surface area contributed by atoms with Crippen molar-refractivity contribution in [2.45, 2.75) is 13.8 Å². The van der Waals surface area contributed by atoms with E-state index in [0.29, 0.717) is 0 Å². The van der Waals surface area contributed by atoms with Gasteiger partial charge in [-0.1, -0.05) is 12.1 Å². The van der Waals surface area contributed by atoms with Crippen LogP contribution in [0.3, 0.4) is 0 Å². The zero-order valence-corrected chi connectivity index (χ0v) is 11.4. The maximum atomic E-state index is 14.2. The van der Waals surface area contributed by atoms with Crippen molar-refractivity contribution in [3.05, 3.63) is 59.2 Å². The Morgan fingerprint density at radius 2 is 1.52 bits per heavy atom. The molecule has 0 saturated heterocycles. The smallest absolute Gasteiger partial charge is 0.170 e. The third-order valence-corrected chi connectivity index (χ3v) is 3.34. The number of benzene rings is 2. The summed E-state index contributed by atoms with van der Waals surface area (Å²) >= 11 is 0. The van der Waals surface area contributed by atoms with Gasteiger partial charge in [-0.3, -0.25) is 0 Å². The molecule has 0 bridgehead atoms. The number of aryl methyl sites for hydroxylation is 2. The second-order valence-electron chi connectivity index (χ2n) is 4.93. The van der Waals surface area contributed by atoms with Gasteiger partial charge in [0.15, 0.2) is 17.5 Å². The molecule has 106 valence electrons. The molecular formula is C16H11F3N2. The molecule has 0 aliphatic heterocycles. The minimum Gasteiger partial charge on any atom is -0.236 e. The zero-order valence-electron chi connectivity index (χ0n) is 11.4. The van der Waals surface area contributed by atoms with Crippen molar-refractivity contribution in [2.75, 3.05) is 0 Å². The Morgan fingerprint density at radius 1 is 0.857 bits per heavy atom. The van der Waals surface area contributed by atoms with Crippen LogP contribution < -0.4 is 0 Å². The van der Waals surface area contributed by atoms with Crippen LogP contribution in [0.25, 0.3) is 22.2 Å². The summed E-state index contributed by atoms with van der Waals surface area (Å²) in [6.07, 6.45) is 3.03. The molecule has 0 aliphatic carbocycles. The minimum absolute atomic E-state index is 0.0693. The van der Waals surface area contributed by atoms with Crippen molar-refractivity contribution >= 4 is 10.8 Å². The lowest BCUT2D eigenvalue weighted by molar-refractivity contribution is 0.513. The van der Waals surface area contributed by atoms with Crippen LogP contribution in [0.4, 0.5) is 13.2 Å². The van der Waals surface area contributed by atoms with Crippen LogP contribution in [-0.4, -0.2) is 9.97 Å². The van der Waals surface area contributed by atoms with Gasteiger partial charge in [-0.15, -0.1) is 0 Å². The Morgan fingerprint density at radius 3 is 2.19 bits per heavy atom. The van der Waals surface area contributed by atoms with Crippen LogP contribution >= 0.6 is 0 Å². The van der Waals surface area contributed by atoms with E-state index in [9.17, 15) is 13.2 Å². The number of rotatable bonds is 1. The second kappa shape index (κ2) is 4.84. The normalized spacial score (nSPS) is 11.1. The average molecular weight is 288 g/mol. The summed E-state index contributed by atoms with van der Waals surface area (Å²) in [6.45, 7) is 3.29. The highest BCUT2D eigenvalue weighted by Gasteiger charge is 2.19. The lowest BCUT2D eigenvalue weighted by Crippen LogP contribution is -1.98. The van der Waals surface area contributed by atoms with E-state index < -0.39 is 17.5 Å². The molecule has 2 aromatic carbocycles. The molecule has 21 heavy (non-hydrogen) atoms. The van der Waals surface area contributed by atoms with Gasteiger partial charge >= 0.3 is 0 Å². The van der Waals surface area contributed by atoms with Gasteiger partial charge < -0.3 is 0 Å². The molecule has 0 fully saturated rings. The summed E-state index contributed by atoms with van der Waals surface area (Å²) in [7, 11) is 0. The molecule has 0 unspecified atom stereocenters. The maximum Gasteiger partial charge on any atom is 0.170 e. The fraction of sp³-hybridized carbons (Fsp3) is 0.125. The zero-order chi connectivity index (χ0) is 15.1. The molecular weight excluding hydrogens is 277 g/mol. The van der Waals surface area contributed by atoms with E-state index in [1.165, 1.54) is 31.5 Å². The van der Waals surface area contributed by atoms with Crippen molar-refractivity contribution in [3.63, 3.8) is 0 Å². The molecule has 0 radical (unpaired) electrons. The molecule has 0 spiro atoms. The fourth-order valence-electron chi connectivity index (χ4n) is 2.18. The molecule has 0 N–H and O–H groups in total. The summed E-state index contributed by atoms with van der Waals surface area (Å²) in [4.78, 5) is 7.97. The highest BCUT2D eigenvalue weighted by Crippen LogP contribution is 2.31. The Balaban J connectivity index is 2.33. The quantitative estimate of drug-likeness (QED) is 0.666. The van der Waals surface area contributed by atoms with Gasteiger partial charge in [-0.05, 0) is 36.4 Å². The van der Waals surface area contributed by atoms with Gasteiger partial charge in [0.1, 0.15) is 5.82 Å². The standard InChI is InChI=1S/C16H11F3N2/c1-8-6-20-16(21-7-8)11-5-10-4-3-9(2)13(17)12(10)15(19)14(11)18/h3-7H,1-2H3.